The fraction of sp³-hybridized carbons (Fsp3) is 0.478. The van der Waals surface area contributed by atoms with Crippen LogP contribution in [0.4, 0.5) is 26.4 Å². The zero-order valence-corrected chi connectivity index (χ0v) is 19.6. The third-order valence-electron chi connectivity index (χ3n) is 6.93. The minimum atomic E-state index is -0.852. The molecule has 35 heavy (non-hydrogen) atoms. The van der Waals surface area contributed by atoms with Gasteiger partial charge in [-0.1, -0.05) is 11.6 Å². The second-order valence-corrected chi connectivity index (χ2v) is 9.67. The van der Waals surface area contributed by atoms with Crippen LogP contribution in [0.1, 0.15) is 51.0 Å². The molecule has 2 atom stereocenters. The molecule has 186 valence electrons. The Labute approximate surface area is 205 Å². The molecule has 2 aliphatic carbocycles. The zero-order valence-electron chi connectivity index (χ0n) is 18.8. The monoisotopic (exact) mass is 505 g/mol. The highest BCUT2D eigenvalue weighted by Gasteiger charge is 2.30. The van der Waals surface area contributed by atoms with E-state index in [4.69, 9.17) is 17.3 Å². The number of hydrogen-bond acceptors (Lipinski definition) is 7. The first-order chi connectivity index (χ1) is 16.8. The summed E-state index contributed by atoms with van der Waals surface area (Å²) in [6.45, 7) is 0. The molecule has 2 saturated carbocycles. The number of aromatic nitrogens is 4. The van der Waals surface area contributed by atoms with Crippen molar-refractivity contribution in [2.45, 2.75) is 63.1 Å². The van der Waals surface area contributed by atoms with Crippen LogP contribution in [-0.2, 0) is 4.79 Å². The number of halogens is 3. The second kappa shape index (κ2) is 9.54. The number of nitrogens with one attached hydrogen (secondary N) is 2. The van der Waals surface area contributed by atoms with Gasteiger partial charge in [0.05, 0.1) is 18.3 Å². The first kappa shape index (κ1) is 23.7. The average molecular weight is 506 g/mol. The van der Waals surface area contributed by atoms with Gasteiger partial charge in [-0.25, -0.2) is 18.7 Å². The molecule has 2 fully saturated rings. The molecule has 1 aromatic carbocycles. The molecule has 0 radical (unpaired) electrons. The van der Waals surface area contributed by atoms with Gasteiger partial charge in [-0.05, 0) is 57.1 Å². The van der Waals surface area contributed by atoms with Gasteiger partial charge in [-0.3, -0.25) is 9.36 Å². The summed E-state index contributed by atoms with van der Waals surface area (Å²) in [4.78, 5) is 25.2. The molecule has 0 bridgehead atoms. The number of amides is 1. The number of rotatable bonds is 6. The van der Waals surface area contributed by atoms with Gasteiger partial charge in [0.1, 0.15) is 11.2 Å². The van der Waals surface area contributed by atoms with Gasteiger partial charge in [-0.15, -0.1) is 0 Å². The Hall–Kier alpha value is -3.05. The average Bonchev–Trinajstić information content (AvgIpc) is 3.38. The lowest BCUT2D eigenvalue weighted by molar-refractivity contribution is -0.122. The number of hydrogen-bond donors (Lipinski definition) is 4. The number of carbonyl (C=O) groups excluding carboxylic acids is 1. The van der Waals surface area contributed by atoms with Gasteiger partial charge in [0, 0.05) is 17.0 Å². The van der Waals surface area contributed by atoms with Crippen molar-refractivity contribution in [3.05, 3.63) is 35.0 Å². The highest BCUT2D eigenvalue weighted by molar-refractivity contribution is 6.30. The van der Waals surface area contributed by atoms with E-state index >= 15 is 0 Å². The molecule has 2 aromatic heterocycles. The van der Waals surface area contributed by atoms with E-state index in [1.165, 1.54) is 6.20 Å². The van der Waals surface area contributed by atoms with Gasteiger partial charge in [0.15, 0.2) is 17.3 Å². The number of fused-ring (bicyclic) bond motifs is 1. The molecular formula is C23H26ClF2N7O2. The summed E-state index contributed by atoms with van der Waals surface area (Å²) in [5.74, 6) is -1.70. The predicted octanol–water partition coefficient (Wildman–Crippen LogP) is 4.04. The normalized spacial score (nSPS) is 24.6. The molecule has 0 unspecified atom stereocenters. The maximum Gasteiger partial charge on any atom is 0.225 e. The molecular weight excluding hydrogens is 480 g/mol. The van der Waals surface area contributed by atoms with Crippen molar-refractivity contribution in [3.8, 4) is 0 Å². The fourth-order valence-electron chi connectivity index (χ4n) is 5.06. The summed E-state index contributed by atoms with van der Waals surface area (Å²) in [7, 11) is 0. The molecule has 12 heteroatoms. The van der Waals surface area contributed by atoms with Crippen LogP contribution in [-0.4, -0.2) is 42.7 Å². The van der Waals surface area contributed by atoms with Crippen molar-refractivity contribution >= 4 is 46.3 Å². The first-order valence-electron chi connectivity index (χ1n) is 11.7. The fourth-order valence-corrected chi connectivity index (χ4v) is 5.25. The lowest BCUT2D eigenvalue weighted by Gasteiger charge is -2.29. The lowest BCUT2D eigenvalue weighted by atomic mass is 9.85. The second-order valence-electron chi connectivity index (χ2n) is 9.23. The third-order valence-corrected chi connectivity index (χ3v) is 7.15. The summed E-state index contributed by atoms with van der Waals surface area (Å²) in [5, 5.41) is 16.1. The summed E-state index contributed by atoms with van der Waals surface area (Å²) >= 11 is 5.77. The number of aliphatic hydroxyl groups excluding tert-OH is 1. The topological polar surface area (TPSA) is 131 Å². The van der Waals surface area contributed by atoms with Crippen molar-refractivity contribution < 1.29 is 18.7 Å². The highest BCUT2D eigenvalue weighted by atomic mass is 35.5. The van der Waals surface area contributed by atoms with E-state index in [0.29, 0.717) is 49.2 Å². The van der Waals surface area contributed by atoms with Crippen molar-refractivity contribution in [3.63, 3.8) is 0 Å². The smallest absolute Gasteiger partial charge is 0.225 e. The van der Waals surface area contributed by atoms with Crippen LogP contribution in [0.3, 0.4) is 0 Å². The van der Waals surface area contributed by atoms with E-state index in [-0.39, 0.29) is 40.6 Å². The Bertz CT molecular complexity index is 1240. The van der Waals surface area contributed by atoms with Crippen LogP contribution < -0.4 is 16.4 Å². The SMILES string of the molecule is NC(=O)[C@H]1CC[C@@H](n2c(Nc3c(F)cc(Cl)cc3F)nc3cnc(N[C@H]4CCC[C@@H]4O)nc32)CC1. The molecule has 0 saturated heterocycles. The molecule has 5 rings (SSSR count). The highest BCUT2D eigenvalue weighted by Crippen LogP contribution is 2.38. The first-order valence-corrected chi connectivity index (χ1v) is 12.1. The molecule has 2 heterocycles. The van der Waals surface area contributed by atoms with Crippen LogP contribution in [0, 0.1) is 17.6 Å². The number of nitrogens with two attached hydrogens (primary N) is 1. The molecule has 0 spiro atoms. The quantitative estimate of drug-likeness (QED) is 0.397. The maximum atomic E-state index is 14.6. The molecule has 1 amide bonds. The number of anilines is 3. The predicted molar refractivity (Wildman–Crippen MR) is 127 cm³/mol. The van der Waals surface area contributed by atoms with Crippen LogP contribution in [0.15, 0.2) is 18.3 Å². The van der Waals surface area contributed by atoms with E-state index in [1.54, 1.807) is 4.57 Å². The largest absolute Gasteiger partial charge is 0.391 e. The number of primary amides is 1. The molecule has 2 aliphatic rings. The van der Waals surface area contributed by atoms with Gasteiger partial charge in [0.25, 0.3) is 0 Å². The van der Waals surface area contributed by atoms with Gasteiger partial charge >= 0.3 is 0 Å². The number of aliphatic hydroxyl groups is 1. The van der Waals surface area contributed by atoms with Crippen molar-refractivity contribution in [2.75, 3.05) is 10.6 Å². The van der Waals surface area contributed by atoms with Gasteiger partial charge in [-0.2, -0.15) is 4.98 Å². The molecule has 5 N–H and O–H groups in total. The summed E-state index contributed by atoms with van der Waals surface area (Å²) in [6.07, 6.45) is 5.91. The maximum absolute atomic E-state index is 14.6. The summed E-state index contributed by atoms with van der Waals surface area (Å²) in [6, 6.07) is 1.76. The van der Waals surface area contributed by atoms with Crippen LogP contribution in [0.5, 0.6) is 0 Å². The van der Waals surface area contributed by atoms with E-state index in [1.807, 2.05) is 0 Å². The van der Waals surface area contributed by atoms with Gasteiger partial charge in [0.2, 0.25) is 17.8 Å². The van der Waals surface area contributed by atoms with Crippen molar-refractivity contribution in [1.82, 2.24) is 19.5 Å². The van der Waals surface area contributed by atoms with Crippen molar-refractivity contribution in [2.24, 2.45) is 11.7 Å². The Morgan fingerprint density at radius 1 is 1.11 bits per heavy atom. The molecule has 0 aliphatic heterocycles. The van der Waals surface area contributed by atoms with Gasteiger partial charge < -0.3 is 21.5 Å². The van der Waals surface area contributed by atoms with Crippen molar-refractivity contribution in [1.29, 1.82) is 0 Å². The zero-order chi connectivity index (χ0) is 24.7. The Morgan fingerprint density at radius 3 is 2.46 bits per heavy atom. The third kappa shape index (κ3) is 4.74. The van der Waals surface area contributed by atoms with E-state index in [2.05, 4.69) is 25.6 Å². The molecule has 3 aromatic rings. The number of carbonyl (C=O) groups is 1. The number of benzene rings is 1. The molecule has 9 nitrogen and oxygen atoms in total. The van der Waals surface area contributed by atoms with E-state index in [9.17, 15) is 18.7 Å². The van der Waals surface area contributed by atoms with E-state index < -0.39 is 17.7 Å². The summed E-state index contributed by atoms with van der Waals surface area (Å²) in [5.41, 5.74) is 6.04. The Kier molecular flexibility index (Phi) is 6.45. The van der Waals surface area contributed by atoms with Crippen LogP contribution in [0.25, 0.3) is 11.2 Å². The standard InChI is InChI=1S/C23H26ClF2N7O2/c24-12-8-14(25)19(15(26)9-12)31-23-30-17-10-28-22(29-16-2-1-3-18(16)34)32-21(17)33(23)13-6-4-11(5-7-13)20(27)35/h8-11,13,16,18,34H,1-7H2,(H2,27,35)(H,30,31)(H,28,29,32)/t11-,13+,16-,18-/m0/s1. The Morgan fingerprint density at radius 2 is 1.83 bits per heavy atom. The van der Waals surface area contributed by atoms with Crippen LogP contribution >= 0.6 is 11.6 Å². The summed E-state index contributed by atoms with van der Waals surface area (Å²) < 4.78 is 30.9. The minimum absolute atomic E-state index is 0.0560. The number of imidazole rings is 1. The lowest BCUT2D eigenvalue weighted by Crippen LogP contribution is -2.29. The number of nitrogens with zero attached hydrogens (tertiary/aromatic N) is 4. The van der Waals surface area contributed by atoms with Crippen LogP contribution in [0.2, 0.25) is 5.02 Å². The van der Waals surface area contributed by atoms with E-state index in [0.717, 1.165) is 25.0 Å². The Balaban J connectivity index is 1.54. The minimum Gasteiger partial charge on any atom is -0.391 e.